The number of benzene rings is 1. The summed E-state index contributed by atoms with van der Waals surface area (Å²) in [5, 5.41) is 8.74. The molecule has 0 N–H and O–H groups in total. The van der Waals surface area contributed by atoms with E-state index < -0.39 is 16.5 Å². The summed E-state index contributed by atoms with van der Waals surface area (Å²) in [7, 11) is -2.64. The molecule has 0 saturated heterocycles. The third kappa shape index (κ3) is 2.61. The molecule has 1 aromatic carbocycles. The molecule has 0 unspecified atom stereocenters. The van der Waals surface area contributed by atoms with Crippen LogP contribution >= 0.6 is 0 Å². The van der Waals surface area contributed by atoms with Gasteiger partial charge in [0.25, 0.3) is 0 Å². The van der Waals surface area contributed by atoms with E-state index in [0.29, 0.717) is 16.8 Å². The minimum absolute atomic E-state index is 0.207. The Balaban J connectivity index is 2.57. The molecule has 0 amide bonds. The summed E-state index contributed by atoms with van der Waals surface area (Å²) in [5.74, 6) is -0.678. The molecule has 2 rings (SSSR count). The highest BCUT2D eigenvalue weighted by molar-refractivity contribution is 7.72. The third-order valence-electron chi connectivity index (χ3n) is 2.65. The lowest BCUT2D eigenvalue weighted by molar-refractivity contribution is 0.614. The van der Waals surface area contributed by atoms with Crippen molar-refractivity contribution < 1.29 is 12.8 Å². The van der Waals surface area contributed by atoms with Crippen LogP contribution in [0.15, 0.2) is 35.2 Å². The minimum Gasteiger partial charge on any atom is -0.234 e. The van der Waals surface area contributed by atoms with Crippen LogP contribution in [0.4, 0.5) is 4.39 Å². The van der Waals surface area contributed by atoms with Gasteiger partial charge in [-0.3, -0.25) is 0 Å². The first-order valence-electron chi connectivity index (χ1n) is 5.35. The second kappa shape index (κ2) is 5.16. The number of nitriles is 1. The molecule has 6 heteroatoms. The Morgan fingerprint density at radius 3 is 2.58 bits per heavy atom. The Labute approximate surface area is 111 Å². The van der Waals surface area contributed by atoms with Crippen molar-refractivity contribution in [3.8, 4) is 17.3 Å². The van der Waals surface area contributed by atoms with Crippen LogP contribution in [-0.2, 0) is 10.7 Å². The molecule has 0 fully saturated rings. The van der Waals surface area contributed by atoms with Crippen molar-refractivity contribution in [1.82, 2.24) is 4.98 Å². The molecule has 0 aliphatic rings. The molecule has 1 heterocycles. The van der Waals surface area contributed by atoms with Crippen molar-refractivity contribution in [2.75, 3.05) is 0 Å². The lowest BCUT2D eigenvalue weighted by atomic mass is 10.1. The third-order valence-corrected chi connectivity index (χ3v) is 3.35. The van der Waals surface area contributed by atoms with E-state index in [1.54, 1.807) is 19.1 Å². The number of rotatable bonds is 2. The average Bonchev–Trinajstić information content (AvgIpc) is 2.39. The summed E-state index contributed by atoms with van der Waals surface area (Å²) >= 11 is 0. The van der Waals surface area contributed by atoms with Gasteiger partial charge in [-0.1, -0.05) is 6.07 Å². The maximum absolute atomic E-state index is 13.2. The number of nitrogens with zero attached hydrogens (tertiary/aromatic N) is 2. The Kier molecular flexibility index (Phi) is 3.58. The topological polar surface area (TPSA) is 70.8 Å². The van der Waals surface area contributed by atoms with Gasteiger partial charge in [0.05, 0.1) is 10.6 Å². The second-order valence-electron chi connectivity index (χ2n) is 3.90. The van der Waals surface area contributed by atoms with E-state index >= 15 is 0 Å². The van der Waals surface area contributed by atoms with Gasteiger partial charge in [-0.25, -0.2) is 17.8 Å². The molecule has 4 nitrogen and oxygen atoms in total. The van der Waals surface area contributed by atoms with Gasteiger partial charge >= 0.3 is 0 Å². The zero-order chi connectivity index (χ0) is 14.0. The van der Waals surface area contributed by atoms with Gasteiger partial charge in [0, 0.05) is 5.56 Å². The second-order valence-corrected chi connectivity index (χ2v) is 4.93. The highest BCUT2D eigenvalue weighted by Crippen LogP contribution is 2.23. The number of hydrogen-bond donors (Lipinski definition) is 1. The molecule has 1 aromatic heterocycles. The predicted octanol–water partition coefficient (Wildman–Crippen LogP) is 2.04. The zero-order valence-corrected chi connectivity index (χ0v) is 10.8. The number of aryl methyl sites for hydroxylation is 1. The predicted molar refractivity (Wildman–Crippen MR) is 67.7 cm³/mol. The van der Waals surface area contributed by atoms with E-state index in [1.165, 1.54) is 24.3 Å². The van der Waals surface area contributed by atoms with Gasteiger partial charge in [-0.05, 0) is 36.8 Å². The van der Waals surface area contributed by atoms with Crippen molar-refractivity contribution >= 4 is 10.7 Å². The van der Waals surface area contributed by atoms with Gasteiger partial charge in [0.1, 0.15) is 6.07 Å². The first kappa shape index (κ1) is 13.2. The normalized spacial score (nSPS) is 10.4. The Morgan fingerprint density at radius 2 is 2.00 bits per heavy atom. The number of aromatic nitrogens is 1. The summed E-state index contributed by atoms with van der Waals surface area (Å²) in [6.45, 7) is 1.73. The maximum Gasteiger partial charge on any atom is 0.176 e. The quantitative estimate of drug-likeness (QED) is 0.852. The van der Waals surface area contributed by atoms with Crippen LogP contribution in [-0.4, -0.2) is 13.4 Å². The van der Waals surface area contributed by atoms with Gasteiger partial charge in [0.2, 0.25) is 0 Å². The van der Waals surface area contributed by atoms with Gasteiger partial charge in [0.15, 0.2) is 22.2 Å². The van der Waals surface area contributed by atoms with Crippen LogP contribution < -0.4 is 0 Å². The van der Waals surface area contributed by atoms with Crippen LogP contribution in [0.2, 0.25) is 0 Å². The lowest BCUT2D eigenvalue weighted by Gasteiger charge is -2.06. The van der Waals surface area contributed by atoms with Crippen LogP contribution in [0, 0.1) is 24.1 Å². The number of pyridine rings is 1. The molecule has 0 atom stereocenters. The molecule has 0 bridgehead atoms. The van der Waals surface area contributed by atoms with Crippen molar-refractivity contribution in [2.24, 2.45) is 0 Å². The monoisotopic (exact) mass is 276 g/mol. The Morgan fingerprint density at radius 1 is 1.26 bits per heavy atom. The fourth-order valence-electron chi connectivity index (χ4n) is 1.72. The fraction of sp³-hybridized carbons (Fsp3) is 0.0769. The zero-order valence-electron chi connectivity index (χ0n) is 9.92. The molecular formula is C13H9FN2O2S. The van der Waals surface area contributed by atoms with Gasteiger partial charge in [-0.15, -0.1) is 0 Å². The molecule has 19 heavy (non-hydrogen) atoms. The van der Waals surface area contributed by atoms with Crippen LogP contribution in [0.1, 0.15) is 11.3 Å². The summed E-state index contributed by atoms with van der Waals surface area (Å²) in [6.07, 6.45) is 0. The molecular weight excluding hydrogens is 267 g/mol. The SMILES string of the molecule is Cc1cc([SH](=O)=O)ccc1-c1ccc(F)c(C#N)n1. The fourth-order valence-corrected chi connectivity index (χ4v) is 2.21. The summed E-state index contributed by atoms with van der Waals surface area (Å²) < 4.78 is 34.9. The minimum atomic E-state index is -2.64. The molecule has 2 aromatic rings. The van der Waals surface area contributed by atoms with E-state index in [2.05, 4.69) is 4.98 Å². The maximum atomic E-state index is 13.2. The van der Waals surface area contributed by atoms with Gasteiger partial charge < -0.3 is 0 Å². The van der Waals surface area contributed by atoms with E-state index in [1.807, 2.05) is 0 Å². The standard InChI is InChI=1S/C13H9FN2O2S/c1-8-6-9(19(17)18)2-3-10(8)12-5-4-11(14)13(7-15)16-12/h2-6,19H,1H3. The molecule has 0 saturated carbocycles. The lowest BCUT2D eigenvalue weighted by Crippen LogP contribution is -1.94. The van der Waals surface area contributed by atoms with Gasteiger partial charge in [-0.2, -0.15) is 5.26 Å². The van der Waals surface area contributed by atoms with E-state index in [4.69, 9.17) is 5.26 Å². The number of hydrogen-bond acceptors (Lipinski definition) is 4. The molecule has 0 aliphatic carbocycles. The highest BCUT2D eigenvalue weighted by Gasteiger charge is 2.09. The van der Waals surface area contributed by atoms with Crippen molar-refractivity contribution in [3.63, 3.8) is 0 Å². The van der Waals surface area contributed by atoms with Crippen LogP contribution in [0.5, 0.6) is 0 Å². The summed E-state index contributed by atoms with van der Waals surface area (Å²) in [5.41, 5.74) is 1.51. The van der Waals surface area contributed by atoms with Crippen molar-refractivity contribution in [3.05, 3.63) is 47.4 Å². The molecule has 96 valence electrons. The Bertz CT molecular complexity index is 756. The van der Waals surface area contributed by atoms with Crippen LogP contribution in [0.25, 0.3) is 11.3 Å². The first-order chi connectivity index (χ1) is 9.02. The number of halogens is 1. The molecule has 0 spiro atoms. The first-order valence-corrected chi connectivity index (χ1v) is 6.52. The summed E-state index contributed by atoms with van der Waals surface area (Å²) in [6, 6.07) is 8.85. The van der Waals surface area contributed by atoms with Crippen molar-refractivity contribution in [1.29, 1.82) is 5.26 Å². The van der Waals surface area contributed by atoms with E-state index in [0.717, 1.165) is 0 Å². The molecule has 0 radical (unpaired) electrons. The van der Waals surface area contributed by atoms with E-state index in [9.17, 15) is 12.8 Å². The highest BCUT2D eigenvalue weighted by atomic mass is 32.2. The summed E-state index contributed by atoms with van der Waals surface area (Å²) in [4.78, 5) is 4.12. The smallest absolute Gasteiger partial charge is 0.176 e. The van der Waals surface area contributed by atoms with E-state index in [-0.39, 0.29) is 10.6 Å². The number of thiol groups is 1. The average molecular weight is 276 g/mol. The molecule has 0 aliphatic heterocycles. The largest absolute Gasteiger partial charge is 0.234 e. The Hall–Kier alpha value is -2.26. The van der Waals surface area contributed by atoms with Crippen molar-refractivity contribution in [2.45, 2.75) is 11.8 Å². The van der Waals surface area contributed by atoms with Crippen LogP contribution in [0.3, 0.4) is 0 Å².